The molecule has 0 saturated heterocycles. The summed E-state index contributed by atoms with van der Waals surface area (Å²) in [4.78, 5) is 15.3. The lowest BCUT2D eigenvalue weighted by Crippen LogP contribution is -2.15. The second-order valence-electron chi connectivity index (χ2n) is 26.4. The maximum absolute atomic E-state index is 5.13. The highest BCUT2D eigenvalue weighted by Crippen LogP contribution is 2.52. The predicted octanol–water partition coefficient (Wildman–Crippen LogP) is 22.1. The Morgan fingerprint density at radius 2 is 0.505 bits per heavy atom. The highest BCUT2D eigenvalue weighted by atomic mass is 15.0. The summed E-state index contributed by atoms with van der Waals surface area (Å²) in [5.74, 6) is 1.88. The first-order chi connectivity index (χ1) is 45.6. The molecule has 13 aromatic carbocycles. The van der Waals surface area contributed by atoms with E-state index in [9.17, 15) is 0 Å². The van der Waals surface area contributed by atoms with Gasteiger partial charge in [-0.25, -0.2) is 15.0 Å². The van der Waals surface area contributed by atoms with Crippen LogP contribution in [0.3, 0.4) is 0 Å². The van der Waals surface area contributed by atoms with Crippen molar-refractivity contribution in [3.05, 3.63) is 313 Å². The molecular formula is C87H60N6. The molecule has 0 bridgehead atoms. The smallest absolute Gasteiger partial charge is 0.164 e. The zero-order chi connectivity index (χ0) is 61.8. The molecule has 4 heterocycles. The maximum atomic E-state index is 5.13. The van der Waals surface area contributed by atoms with Gasteiger partial charge in [0.1, 0.15) is 0 Å². The van der Waals surface area contributed by atoms with Crippen molar-refractivity contribution in [1.82, 2.24) is 28.7 Å². The first-order valence-corrected chi connectivity index (χ1v) is 32.2. The fourth-order valence-electron chi connectivity index (χ4n) is 15.9. The Labute approximate surface area is 538 Å². The van der Waals surface area contributed by atoms with Gasteiger partial charge in [0, 0.05) is 76.9 Å². The Kier molecular flexibility index (Phi) is 11.4. The summed E-state index contributed by atoms with van der Waals surface area (Å²) in [6.07, 6.45) is 0. The van der Waals surface area contributed by atoms with Crippen LogP contribution < -0.4 is 0 Å². The monoisotopic (exact) mass is 1190 g/mol. The molecule has 19 rings (SSSR count). The van der Waals surface area contributed by atoms with Crippen LogP contribution in [0.25, 0.3) is 161 Å². The van der Waals surface area contributed by atoms with Crippen LogP contribution in [0.2, 0.25) is 0 Å². The lowest BCUT2D eigenvalue weighted by Gasteiger charge is -2.22. The Morgan fingerprint density at radius 1 is 0.215 bits per heavy atom. The van der Waals surface area contributed by atoms with Gasteiger partial charge in [0.05, 0.1) is 33.1 Å². The molecule has 438 valence electrons. The summed E-state index contributed by atoms with van der Waals surface area (Å²) in [5.41, 5.74) is 28.2. The first-order valence-electron chi connectivity index (χ1n) is 32.2. The van der Waals surface area contributed by atoms with E-state index in [2.05, 4.69) is 296 Å². The van der Waals surface area contributed by atoms with Gasteiger partial charge >= 0.3 is 0 Å². The van der Waals surface area contributed by atoms with Crippen LogP contribution in [0.1, 0.15) is 49.9 Å². The van der Waals surface area contributed by atoms with Gasteiger partial charge in [0.15, 0.2) is 17.5 Å². The van der Waals surface area contributed by atoms with Gasteiger partial charge in [-0.2, -0.15) is 0 Å². The molecule has 4 aromatic heterocycles. The van der Waals surface area contributed by atoms with Gasteiger partial charge in [-0.15, -0.1) is 0 Å². The Hall–Kier alpha value is -11.7. The van der Waals surface area contributed by atoms with Gasteiger partial charge in [0.25, 0.3) is 0 Å². The van der Waals surface area contributed by atoms with Crippen molar-refractivity contribution in [2.75, 3.05) is 0 Å². The van der Waals surface area contributed by atoms with Crippen molar-refractivity contribution in [2.45, 2.75) is 38.5 Å². The van der Waals surface area contributed by atoms with Crippen molar-refractivity contribution < 1.29 is 0 Å². The second-order valence-corrected chi connectivity index (χ2v) is 26.4. The third-order valence-corrected chi connectivity index (χ3v) is 20.5. The Morgan fingerprint density at radius 3 is 0.903 bits per heavy atom. The van der Waals surface area contributed by atoms with E-state index in [-0.39, 0.29) is 10.8 Å². The van der Waals surface area contributed by atoms with E-state index < -0.39 is 0 Å². The molecule has 0 aliphatic heterocycles. The van der Waals surface area contributed by atoms with E-state index in [1.54, 1.807) is 0 Å². The van der Waals surface area contributed by atoms with Gasteiger partial charge in [-0.05, 0) is 152 Å². The zero-order valence-electron chi connectivity index (χ0n) is 51.9. The number of hydrogen-bond acceptors (Lipinski definition) is 3. The predicted molar refractivity (Wildman–Crippen MR) is 385 cm³/mol. The normalized spacial score (nSPS) is 13.5. The van der Waals surface area contributed by atoms with E-state index >= 15 is 0 Å². The van der Waals surface area contributed by atoms with Crippen molar-refractivity contribution in [2.24, 2.45) is 0 Å². The Bertz CT molecular complexity index is 5640. The van der Waals surface area contributed by atoms with E-state index in [1.165, 1.54) is 98.9 Å². The Balaban J connectivity index is 0.783. The fourth-order valence-corrected chi connectivity index (χ4v) is 15.9. The van der Waals surface area contributed by atoms with E-state index in [4.69, 9.17) is 15.0 Å². The molecule has 6 nitrogen and oxygen atoms in total. The maximum Gasteiger partial charge on any atom is 0.164 e. The zero-order valence-corrected chi connectivity index (χ0v) is 51.9. The third-order valence-electron chi connectivity index (χ3n) is 20.5. The molecule has 2 aliphatic carbocycles. The summed E-state index contributed by atoms with van der Waals surface area (Å²) in [7, 11) is 0. The highest BCUT2D eigenvalue weighted by molar-refractivity contribution is 6.14. The van der Waals surface area contributed by atoms with E-state index in [1.807, 2.05) is 36.4 Å². The molecule has 0 N–H and O–H groups in total. The van der Waals surface area contributed by atoms with Crippen LogP contribution in [-0.4, -0.2) is 28.7 Å². The van der Waals surface area contributed by atoms with Crippen molar-refractivity contribution in [3.8, 4) is 95.7 Å². The van der Waals surface area contributed by atoms with E-state index in [0.29, 0.717) is 17.5 Å². The van der Waals surface area contributed by atoms with Crippen molar-refractivity contribution in [1.29, 1.82) is 0 Å². The van der Waals surface area contributed by atoms with Gasteiger partial charge < -0.3 is 13.7 Å². The number of aromatic nitrogens is 6. The molecule has 6 heteroatoms. The van der Waals surface area contributed by atoms with Crippen LogP contribution in [0, 0.1) is 0 Å². The molecule has 93 heavy (non-hydrogen) atoms. The minimum absolute atomic E-state index is 0.130. The van der Waals surface area contributed by atoms with Crippen molar-refractivity contribution in [3.63, 3.8) is 0 Å². The number of para-hydroxylation sites is 2. The molecule has 0 saturated carbocycles. The molecule has 17 aromatic rings. The molecule has 2 aliphatic rings. The number of benzene rings is 13. The van der Waals surface area contributed by atoms with Crippen LogP contribution in [0.4, 0.5) is 0 Å². The van der Waals surface area contributed by atoms with Crippen molar-refractivity contribution >= 4 is 65.4 Å². The summed E-state index contributed by atoms with van der Waals surface area (Å²) >= 11 is 0. The largest absolute Gasteiger partial charge is 0.309 e. The third kappa shape index (κ3) is 7.98. The molecule has 0 fully saturated rings. The number of fused-ring (bicyclic) bond motifs is 15. The summed E-state index contributed by atoms with van der Waals surface area (Å²) in [5, 5.41) is 7.28. The van der Waals surface area contributed by atoms with Crippen LogP contribution >= 0.6 is 0 Å². The SMILES string of the molecule is CC1(C)c2ccccc2-c2ccc(-n3c4ccccc4c4ccc(-c5ccc6c7ccc(-c8ccc9c%10ccccc%10n(-c%10ccc%11c(c%10)C(C)(C)c%10ccccc%10-%11)c9c8)cc7n(-c7ccc(-c8nc(-c9ccccc9)nc(-c9ccccc9)n8)cc7)c6c5)cc43)cc21. The summed E-state index contributed by atoms with van der Waals surface area (Å²) in [6, 6.07) is 107. The highest BCUT2D eigenvalue weighted by Gasteiger charge is 2.37. The minimum atomic E-state index is -0.130. The number of rotatable bonds is 8. The molecule has 0 spiro atoms. The standard InChI is InChI=1S/C87H60N6/c1-86(2)73-27-15-11-23-63(73)65-45-39-61(51-75(65)86)92-77-29-17-13-25-67(77)69-41-33-58(49-81(69)92)56-35-43-71-72-44-36-57(59-34-42-70-68-26-14-18-30-78(68)93(82(70)50-59)62-40-46-66-64-24-12-16-28-74(64)87(3,4)76(66)52-62)48-80(72)91(79(71)47-56)60-37-31-55(32-38-60)85-89-83(53-19-7-5-8-20-53)88-84(90-85)54-21-9-6-10-22-54/h5-52H,1-4H3. The number of hydrogen-bond donors (Lipinski definition) is 0. The number of nitrogens with zero attached hydrogens (tertiary/aromatic N) is 6. The molecule has 0 radical (unpaired) electrons. The summed E-state index contributed by atoms with van der Waals surface area (Å²) in [6.45, 7) is 9.46. The quantitative estimate of drug-likeness (QED) is 0.152. The summed E-state index contributed by atoms with van der Waals surface area (Å²) < 4.78 is 7.42. The van der Waals surface area contributed by atoms with Crippen LogP contribution in [-0.2, 0) is 10.8 Å². The minimum Gasteiger partial charge on any atom is -0.309 e. The molecule has 0 atom stereocenters. The van der Waals surface area contributed by atoms with Gasteiger partial charge in [-0.3, -0.25) is 0 Å². The van der Waals surface area contributed by atoms with Crippen LogP contribution in [0.15, 0.2) is 291 Å². The lowest BCUT2D eigenvalue weighted by molar-refractivity contribution is 0.660. The first kappa shape index (κ1) is 53.1. The van der Waals surface area contributed by atoms with Crippen LogP contribution in [0.5, 0.6) is 0 Å². The fraction of sp³-hybridized carbons (Fsp3) is 0.0690. The van der Waals surface area contributed by atoms with Gasteiger partial charge in [0.2, 0.25) is 0 Å². The topological polar surface area (TPSA) is 53.5 Å². The van der Waals surface area contributed by atoms with E-state index in [0.717, 1.165) is 67.0 Å². The van der Waals surface area contributed by atoms with Gasteiger partial charge in [-0.1, -0.05) is 234 Å². The lowest BCUT2D eigenvalue weighted by atomic mass is 9.82. The molecule has 0 unspecified atom stereocenters. The average Bonchev–Trinajstić information content (AvgIpc) is 1.59. The molecular weight excluding hydrogens is 1130 g/mol. The average molecular weight is 1190 g/mol. The second kappa shape index (κ2) is 19.9. The molecule has 0 amide bonds.